The first-order valence-corrected chi connectivity index (χ1v) is 5.85. The van der Waals surface area contributed by atoms with Gasteiger partial charge in [-0.05, 0) is 25.0 Å². The molecule has 1 saturated carbocycles. The molecule has 92 valence electrons. The van der Waals surface area contributed by atoms with Gasteiger partial charge < -0.3 is 5.32 Å². The number of para-hydroxylation sites is 1. The second kappa shape index (κ2) is 4.82. The van der Waals surface area contributed by atoms with Crippen LogP contribution in [0.25, 0.3) is 0 Å². The number of carbonyl (C=O) groups excluding carboxylic acids is 1. The van der Waals surface area contributed by atoms with E-state index in [-0.39, 0.29) is 0 Å². The molecule has 1 aliphatic rings. The third-order valence-electron chi connectivity index (χ3n) is 3.20. The molecule has 0 aliphatic heterocycles. The van der Waals surface area contributed by atoms with E-state index < -0.39 is 17.7 Å². The van der Waals surface area contributed by atoms with Gasteiger partial charge in [0.1, 0.15) is 0 Å². The Hall–Kier alpha value is -1.45. The van der Waals surface area contributed by atoms with Crippen LogP contribution in [0.3, 0.4) is 0 Å². The fourth-order valence-corrected chi connectivity index (χ4v) is 2.21. The van der Waals surface area contributed by atoms with Crippen LogP contribution in [0.5, 0.6) is 0 Å². The van der Waals surface area contributed by atoms with Gasteiger partial charge in [-0.15, -0.1) is 0 Å². The number of rotatable bonds is 3. The first-order chi connectivity index (χ1) is 8.10. The van der Waals surface area contributed by atoms with Crippen molar-refractivity contribution in [3.63, 3.8) is 0 Å². The van der Waals surface area contributed by atoms with Crippen LogP contribution in [0.4, 0.5) is 14.5 Å². The number of carbonyl (C=O) groups is 1. The van der Waals surface area contributed by atoms with Gasteiger partial charge in [-0.3, -0.25) is 4.79 Å². The van der Waals surface area contributed by atoms with Crippen LogP contribution in [0.1, 0.15) is 25.7 Å². The Bertz CT molecular complexity index is 386. The second-order valence-electron chi connectivity index (χ2n) is 4.42. The lowest BCUT2D eigenvalue weighted by atomic mass is 9.99. The largest absolute Gasteiger partial charge is 0.327 e. The van der Waals surface area contributed by atoms with E-state index in [0.29, 0.717) is 18.5 Å². The Balaban J connectivity index is 2.04. The zero-order valence-electron chi connectivity index (χ0n) is 9.46. The summed E-state index contributed by atoms with van der Waals surface area (Å²) < 4.78 is 27.6. The maximum atomic E-state index is 13.8. The Morgan fingerprint density at radius 3 is 2.35 bits per heavy atom. The number of hydrogen-bond acceptors (Lipinski definition) is 1. The van der Waals surface area contributed by atoms with E-state index >= 15 is 0 Å². The molecule has 0 heterocycles. The molecule has 0 radical (unpaired) electrons. The summed E-state index contributed by atoms with van der Waals surface area (Å²) in [5.74, 6) is -5.24. The lowest BCUT2D eigenvalue weighted by molar-refractivity contribution is -0.147. The molecule has 0 atom stereocenters. The van der Waals surface area contributed by atoms with Gasteiger partial charge in [0.05, 0.1) is 0 Å². The Morgan fingerprint density at radius 2 is 1.76 bits per heavy atom. The highest BCUT2D eigenvalue weighted by Gasteiger charge is 2.47. The van der Waals surface area contributed by atoms with E-state index in [0.717, 1.165) is 12.8 Å². The molecule has 2 rings (SSSR count). The number of anilines is 1. The van der Waals surface area contributed by atoms with Crippen LogP contribution in [0.15, 0.2) is 30.3 Å². The highest BCUT2D eigenvalue weighted by molar-refractivity contribution is 5.96. The third-order valence-corrected chi connectivity index (χ3v) is 3.20. The minimum Gasteiger partial charge on any atom is -0.321 e. The Kier molecular flexibility index (Phi) is 3.41. The molecular weight excluding hydrogens is 224 g/mol. The van der Waals surface area contributed by atoms with Crippen LogP contribution in [0.2, 0.25) is 0 Å². The summed E-state index contributed by atoms with van der Waals surface area (Å²) in [4.78, 5) is 11.6. The quantitative estimate of drug-likeness (QED) is 0.860. The summed E-state index contributed by atoms with van der Waals surface area (Å²) >= 11 is 0. The molecule has 1 amide bonds. The minimum atomic E-state index is -3.26. The van der Waals surface area contributed by atoms with Gasteiger partial charge in [-0.25, -0.2) is 0 Å². The van der Waals surface area contributed by atoms with Crippen LogP contribution in [-0.4, -0.2) is 11.8 Å². The van der Waals surface area contributed by atoms with Crippen molar-refractivity contribution in [2.45, 2.75) is 31.6 Å². The highest BCUT2D eigenvalue weighted by atomic mass is 19.3. The first kappa shape index (κ1) is 12.0. The summed E-state index contributed by atoms with van der Waals surface area (Å²) in [6.07, 6.45) is 2.46. The second-order valence-corrected chi connectivity index (χ2v) is 4.42. The number of hydrogen-bond donors (Lipinski definition) is 1. The lowest BCUT2D eigenvalue weighted by Gasteiger charge is -2.21. The average Bonchev–Trinajstić information content (AvgIpc) is 2.84. The molecule has 1 aromatic rings. The van der Waals surface area contributed by atoms with Crippen molar-refractivity contribution in [3.8, 4) is 0 Å². The standard InChI is InChI=1S/C13H15F2NO/c14-13(15,10-6-4-5-7-10)12(17)16-11-8-2-1-3-9-11/h1-3,8-10H,4-7H2,(H,16,17). The summed E-state index contributed by atoms with van der Waals surface area (Å²) in [7, 11) is 0. The van der Waals surface area contributed by atoms with E-state index in [1.807, 2.05) is 0 Å². The fraction of sp³-hybridized carbons (Fsp3) is 0.462. The van der Waals surface area contributed by atoms with Gasteiger partial charge in [0.2, 0.25) is 0 Å². The maximum Gasteiger partial charge on any atom is 0.327 e. The topological polar surface area (TPSA) is 29.1 Å². The van der Waals surface area contributed by atoms with Crippen molar-refractivity contribution in [2.24, 2.45) is 5.92 Å². The average molecular weight is 239 g/mol. The predicted octanol–water partition coefficient (Wildman–Crippen LogP) is 3.45. The van der Waals surface area contributed by atoms with E-state index in [4.69, 9.17) is 0 Å². The summed E-state index contributed by atoms with van der Waals surface area (Å²) in [6.45, 7) is 0. The maximum absolute atomic E-state index is 13.8. The third kappa shape index (κ3) is 2.62. The van der Waals surface area contributed by atoms with Gasteiger partial charge in [-0.2, -0.15) is 8.78 Å². The number of nitrogens with one attached hydrogen (secondary N) is 1. The molecule has 0 aromatic heterocycles. The zero-order valence-corrected chi connectivity index (χ0v) is 9.46. The number of halogens is 2. The zero-order chi connectivity index (χ0) is 12.3. The van der Waals surface area contributed by atoms with Crippen molar-refractivity contribution in [1.29, 1.82) is 0 Å². The van der Waals surface area contributed by atoms with Gasteiger partial charge in [0.25, 0.3) is 5.91 Å². The number of benzene rings is 1. The normalized spacial score (nSPS) is 17.1. The van der Waals surface area contributed by atoms with Crippen molar-refractivity contribution in [2.75, 3.05) is 5.32 Å². The van der Waals surface area contributed by atoms with E-state index in [2.05, 4.69) is 5.32 Å². The summed E-state index contributed by atoms with van der Waals surface area (Å²) in [6, 6.07) is 8.36. The lowest BCUT2D eigenvalue weighted by Crippen LogP contribution is -2.40. The molecular formula is C13H15F2NO. The fourth-order valence-electron chi connectivity index (χ4n) is 2.21. The van der Waals surface area contributed by atoms with Crippen LogP contribution in [-0.2, 0) is 4.79 Å². The molecule has 1 aliphatic carbocycles. The van der Waals surface area contributed by atoms with Gasteiger partial charge in [-0.1, -0.05) is 31.0 Å². The molecule has 0 unspecified atom stereocenters. The van der Waals surface area contributed by atoms with Gasteiger partial charge >= 0.3 is 5.92 Å². The highest BCUT2D eigenvalue weighted by Crippen LogP contribution is 2.38. The van der Waals surface area contributed by atoms with Crippen LogP contribution < -0.4 is 5.32 Å². The van der Waals surface area contributed by atoms with Crippen molar-refractivity contribution >= 4 is 11.6 Å². The van der Waals surface area contributed by atoms with E-state index in [9.17, 15) is 13.6 Å². The Labute approximate surface area is 99.0 Å². The SMILES string of the molecule is O=C(Nc1ccccc1)C(F)(F)C1CCCC1. The molecule has 0 saturated heterocycles. The predicted molar refractivity (Wildman–Crippen MR) is 62.0 cm³/mol. The number of amides is 1. The van der Waals surface area contributed by atoms with Crippen molar-refractivity contribution < 1.29 is 13.6 Å². The van der Waals surface area contributed by atoms with Crippen molar-refractivity contribution in [3.05, 3.63) is 30.3 Å². The van der Waals surface area contributed by atoms with E-state index in [1.165, 1.54) is 0 Å². The molecule has 4 heteroatoms. The number of alkyl halides is 2. The van der Waals surface area contributed by atoms with Crippen LogP contribution in [0, 0.1) is 5.92 Å². The molecule has 17 heavy (non-hydrogen) atoms. The smallest absolute Gasteiger partial charge is 0.321 e. The molecule has 0 bridgehead atoms. The van der Waals surface area contributed by atoms with E-state index in [1.54, 1.807) is 30.3 Å². The molecule has 1 N–H and O–H groups in total. The molecule has 0 spiro atoms. The van der Waals surface area contributed by atoms with Gasteiger partial charge in [0.15, 0.2) is 0 Å². The van der Waals surface area contributed by atoms with Crippen LogP contribution >= 0.6 is 0 Å². The van der Waals surface area contributed by atoms with Crippen molar-refractivity contribution in [1.82, 2.24) is 0 Å². The summed E-state index contributed by atoms with van der Waals surface area (Å²) in [5.41, 5.74) is 0.412. The Morgan fingerprint density at radius 1 is 1.18 bits per heavy atom. The molecule has 1 fully saturated rings. The molecule has 1 aromatic carbocycles. The van der Waals surface area contributed by atoms with Gasteiger partial charge in [0, 0.05) is 11.6 Å². The first-order valence-electron chi connectivity index (χ1n) is 5.85. The monoisotopic (exact) mass is 239 g/mol. The minimum absolute atomic E-state index is 0.412. The molecule has 2 nitrogen and oxygen atoms in total. The summed E-state index contributed by atoms with van der Waals surface area (Å²) in [5, 5.41) is 2.27.